The van der Waals surface area contributed by atoms with Gasteiger partial charge in [0.15, 0.2) is 5.78 Å². The summed E-state index contributed by atoms with van der Waals surface area (Å²) >= 11 is 6.27. The normalized spacial score (nSPS) is 20.6. The minimum Gasteiger partial charge on any atom is -0.497 e. The Kier molecular flexibility index (Phi) is 6.38. The van der Waals surface area contributed by atoms with Gasteiger partial charge in [-0.05, 0) is 61.6 Å². The highest BCUT2D eigenvalue weighted by Crippen LogP contribution is 2.46. The van der Waals surface area contributed by atoms with Crippen LogP contribution in [0.1, 0.15) is 49.7 Å². The predicted octanol–water partition coefficient (Wildman–Crippen LogP) is 5.27. The third-order valence-electron chi connectivity index (χ3n) is 6.09. The molecule has 2 aromatic carbocycles. The van der Waals surface area contributed by atoms with Crippen LogP contribution < -0.4 is 10.1 Å². The van der Waals surface area contributed by atoms with Gasteiger partial charge in [-0.2, -0.15) is 0 Å². The molecule has 0 aromatic heterocycles. The van der Waals surface area contributed by atoms with Gasteiger partial charge in [0.25, 0.3) is 0 Å². The molecule has 0 fully saturated rings. The summed E-state index contributed by atoms with van der Waals surface area (Å²) in [6, 6.07) is 15.2. The Balaban J connectivity index is 1.77. The number of methoxy groups -OCH3 is 1. The Morgan fingerprint density at radius 3 is 2.53 bits per heavy atom. The summed E-state index contributed by atoms with van der Waals surface area (Å²) in [5, 5.41) is 3.91. The summed E-state index contributed by atoms with van der Waals surface area (Å²) < 4.78 is 10.6. The monoisotopic (exact) mass is 451 g/mol. The number of rotatable bonds is 5. The molecule has 2 aliphatic rings. The number of ketones is 1. The number of dihydropyridines is 1. The number of hydrogen-bond donors (Lipinski definition) is 1. The molecule has 0 amide bonds. The maximum absolute atomic E-state index is 13.5. The molecular weight excluding hydrogens is 426 g/mol. The lowest BCUT2D eigenvalue weighted by Crippen LogP contribution is -2.36. The second-order valence-corrected chi connectivity index (χ2v) is 8.50. The van der Waals surface area contributed by atoms with Gasteiger partial charge in [-0.15, -0.1) is 0 Å². The van der Waals surface area contributed by atoms with Gasteiger partial charge < -0.3 is 14.8 Å². The van der Waals surface area contributed by atoms with Gasteiger partial charge in [0, 0.05) is 34.3 Å². The van der Waals surface area contributed by atoms with E-state index in [1.54, 1.807) is 20.1 Å². The van der Waals surface area contributed by atoms with Crippen molar-refractivity contribution in [3.05, 3.63) is 87.2 Å². The van der Waals surface area contributed by atoms with E-state index < -0.39 is 11.9 Å². The van der Waals surface area contributed by atoms with Crippen LogP contribution in [-0.2, 0) is 14.3 Å². The number of carbonyl (C=O) groups is 2. The maximum atomic E-state index is 13.5. The lowest BCUT2D eigenvalue weighted by Gasteiger charge is -2.36. The van der Waals surface area contributed by atoms with Crippen LogP contribution in [0.4, 0.5) is 0 Å². The minimum absolute atomic E-state index is 0.0267. The second-order valence-electron chi connectivity index (χ2n) is 8.07. The van der Waals surface area contributed by atoms with Crippen molar-refractivity contribution < 1.29 is 19.1 Å². The molecule has 0 saturated carbocycles. The van der Waals surface area contributed by atoms with Gasteiger partial charge >= 0.3 is 5.97 Å². The quantitative estimate of drug-likeness (QED) is 0.627. The van der Waals surface area contributed by atoms with Crippen LogP contribution in [0.15, 0.2) is 71.1 Å². The summed E-state index contributed by atoms with van der Waals surface area (Å²) in [7, 11) is 1.63. The fourth-order valence-corrected chi connectivity index (χ4v) is 4.85. The highest BCUT2D eigenvalue weighted by molar-refractivity contribution is 6.30. The molecule has 2 atom stereocenters. The average molecular weight is 452 g/mol. The number of nitrogens with one attached hydrogen (secondary N) is 1. The molecule has 32 heavy (non-hydrogen) atoms. The Morgan fingerprint density at radius 1 is 1.12 bits per heavy atom. The van der Waals surface area contributed by atoms with Crippen molar-refractivity contribution >= 4 is 23.4 Å². The zero-order valence-electron chi connectivity index (χ0n) is 18.4. The molecule has 0 bridgehead atoms. The number of allylic oxidation sites excluding steroid dienone is 3. The van der Waals surface area contributed by atoms with E-state index in [0.29, 0.717) is 34.7 Å². The highest BCUT2D eigenvalue weighted by atomic mass is 35.5. The maximum Gasteiger partial charge on any atom is 0.336 e. The number of halogens is 1. The third kappa shape index (κ3) is 4.17. The first-order chi connectivity index (χ1) is 15.4. The highest BCUT2D eigenvalue weighted by Gasteiger charge is 2.41. The zero-order chi connectivity index (χ0) is 22.8. The molecule has 0 saturated heterocycles. The summed E-state index contributed by atoms with van der Waals surface area (Å²) in [4.78, 5) is 26.4. The molecule has 166 valence electrons. The van der Waals surface area contributed by atoms with Gasteiger partial charge in [-0.25, -0.2) is 4.79 Å². The van der Waals surface area contributed by atoms with E-state index in [1.165, 1.54) is 0 Å². The molecule has 0 radical (unpaired) electrons. The Labute approximate surface area is 193 Å². The number of Topliss-reactive ketones (excluding diaryl/α,β-unsaturated/α-hetero) is 1. The van der Waals surface area contributed by atoms with Gasteiger partial charge in [0.2, 0.25) is 0 Å². The van der Waals surface area contributed by atoms with E-state index >= 15 is 0 Å². The standard InChI is InChI=1S/C26H26ClNO4/c1-4-32-26(30)23-15(2)28-21-13-18(16-8-10-20(31-3)11-9-16)14-22(29)25(21)24(23)17-6-5-7-19(27)12-17/h5-12,18,24,28H,4,13-14H2,1-3H3/t18-,24+/m1/s1. The van der Waals surface area contributed by atoms with E-state index in [9.17, 15) is 9.59 Å². The van der Waals surface area contributed by atoms with Crippen molar-refractivity contribution in [3.8, 4) is 5.75 Å². The molecule has 1 N–H and O–H groups in total. The van der Waals surface area contributed by atoms with Crippen LogP contribution in [0, 0.1) is 0 Å². The Morgan fingerprint density at radius 2 is 1.88 bits per heavy atom. The minimum atomic E-state index is -0.506. The SMILES string of the molecule is CCOC(=O)C1=C(C)NC2=C(C(=O)C[C@H](c3ccc(OC)cc3)C2)[C@H]1c1cccc(Cl)c1. The predicted molar refractivity (Wildman–Crippen MR) is 124 cm³/mol. The van der Waals surface area contributed by atoms with E-state index in [4.69, 9.17) is 21.1 Å². The van der Waals surface area contributed by atoms with Crippen molar-refractivity contribution in [2.45, 2.75) is 38.5 Å². The first-order valence-electron chi connectivity index (χ1n) is 10.7. The Hall–Kier alpha value is -3.05. The molecule has 0 unspecified atom stereocenters. The number of carbonyl (C=O) groups excluding carboxylic acids is 2. The first kappa shape index (κ1) is 22.2. The molecular formula is C26H26ClNO4. The number of hydrogen-bond acceptors (Lipinski definition) is 5. The topological polar surface area (TPSA) is 64.6 Å². The lowest BCUT2D eigenvalue weighted by atomic mass is 9.72. The molecule has 5 nitrogen and oxygen atoms in total. The molecule has 1 aliphatic heterocycles. The van der Waals surface area contributed by atoms with Crippen molar-refractivity contribution in [1.29, 1.82) is 0 Å². The summed E-state index contributed by atoms with van der Waals surface area (Å²) in [5.74, 6) is -0.0617. The molecule has 0 spiro atoms. The van der Waals surface area contributed by atoms with Crippen LogP contribution in [-0.4, -0.2) is 25.5 Å². The van der Waals surface area contributed by atoms with Gasteiger partial charge in [-0.3, -0.25) is 4.79 Å². The van der Waals surface area contributed by atoms with Crippen LogP contribution in [0.25, 0.3) is 0 Å². The van der Waals surface area contributed by atoms with E-state index in [-0.39, 0.29) is 18.3 Å². The summed E-state index contributed by atoms with van der Waals surface area (Å²) in [5.41, 5.74) is 4.55. The lowest BCUT2D eigenvalue weighted by molar-refractivity contribution is -0.138. The molecule has 1 heterocycles. The average Bonchev–Trinajstić information content (AvgIpc) is 2.78. The second kappa shape index (κ2) is 9.21. The van der Waals surface area contributed by atoms with Crippen LogP contribution in [0.3, 0.4) is 0 Å². The third-order valence-corrected chi connectivity index (χ3v) is 6.33. The number of esters is 1. The molecule has 1 aliphatic carbocycles. The molecule has 4 rings (SSSR count). The van der Waals surface area contributed by atoms with Crippen molar-refractivity contribution in [3.63, 3.8) is 0 Å². The molecule has 2 aromatic rings. The van der Waals surface area contributed by atoms with Crippen LogP contribution >= 0.6 is 11.6 Å². The van der Waals surface area contributed by atoms with Gasteiger partial charge in [-0.1, -0.05) is 35.9 Å². The fraction of sp³-hybridized carbons (Fsp3) is 0.308. The van der Waals surface area contributed by atoms with Crippen molar-refractivity contribution in [2.75, 3.05) is 13.7 Å². The molecule has 6 heteroatoms. The smallest absolute Gasteiger partial charge is 0.336 e. The van der Waals surface area contributed by atoms with E-state index in [1.807, 2.05) is 49.4 Å². The van der Waals surface area contributed by atoms with E-state index in [0.717, 1.165) is 22.6 Å². The number of ether oxygens (including phenoxy) is 2. The largest absolute Gasteiger partial charge is 0.497 e. The first-order valence-corrected chi connectivity index (χ1v) is 11.1. The van der Waals surface area contributed by atoms with E-state index in [2.05, 4.69) is 5.32 Å². The fourth-order valence-electron chi connectivity index (χ4n) is 4.65. The summed E-state index contributed by atoms with van der Waals surface area (Å²) in [6.45, 7) is 3.89. The van der Waals surface area contributed by atoms with Crippen LogP contribution in [0.2, 0.25) is 5.02 Å². The summed E-state index contributed by atoms with van der Waals surface area (Å²) in [6.07, 6.45) is 1.05. The van der Waals surface area contributed by atoms with Crippen molar-refractivity contribution in [1.82, 2.24) is 5.32 Å². The van der Waals surface area contributed by atoms with Gasteiger partial charge in [0.1, 0.15) is 5.75 Å². The van der Waals surface area contributed by atoms with Crippen LogP contribution in [0.5, 0.6) is 5.75 Å². The zero-order valence-corrected chi connectivity index (χ0v) is 19.2. The number of benzene rings is 2. The van der Waals surface area contributed by atoms with Gasteiger partial charge in [0.05, 0.1) is 19.3 Å². The Bertz CT molecular complexity index is 1120. The van der Waals surface area contributed by atoms with Crippen molar-refractivity contribution in [2.24, 2.45) is 0 Å².